The van der Waals surface area contributed by atoms with Gasteiger partial charge in [0.15, 0.2) is 0 Å². The molecule has 14 heavy (non-hydrogen) atoms. The monoisotopic (exact) mass is 211 g/mol. The predicted octanol–water partition coefficient (Wildman–Crippen LogP) is 1.89. The topological polar surface area (TPSA) is 43.8 Å². The normalized spacial score (nSPS) is 20.9. The van der Waals surface area contributed by atoms with Crippen LogP contribution in [0.15, 0.2) is 5.57 Å². The first-order chi connectivity index (χ1) is 6.58. The third kappa shape index (κ3) is 1.57. The molecule has 0 aliphatic heterocycles. The molecule has 1 saturated carbocycles. The molecule has 0 aromatic carbocycles. The molecule has 0 unspecified atom stereocenters. The Labute approximate surface area is 88.5 Å². The van der Waals surface area contributed by atoms with Crippen molar-refractivity contribution in [2.24, 2.45) is 12.8 Å². The van der Waals surface area contributed by atoms with Gasteiger partial charge in [0.1, 0.15) is 0 Å². The van der Waals surface area contributed by atoms with Crippen molar-refractivity contribution in [3.8, 4) is 0 Å². The Bertz CT molecular complexity index is 384. The van der Waals surface area contributed by atoms with E-state index in [2.05, 4.69) is 11.2 Å². The van der Waals surface area contributed by atoms with E-state index in [9.17, 15) is 0 Å². The molecule has 3 nitrogen and oxygen atoms in total. The average Bonchev–Trinajstić information content (AvgIpc) is 2.29. The van der Waals surface area contributed by atoms with Crippen molar-refractivity contribution < 1.29 is 0 Å². The second-order valence-corrected chi connectivity index (χ2v) is 4.26. The average molecular weight is 212 g/mol. The van der Waals surface area contributed by atoms with Crippen LogP contribution >= 0.6 is 11.6 Å². The predicted molar refractivity (Wildman–Crippen MR) is 58.1 cm³/mol. The summed E-state index contributed by atoms with van der Waals surface area (Å²) in [5.74, 6) is 0. The summed E-state index contributed by atoms with van der Waals surface area (Å²) in [6.07, 6.45) is 4.08. The fourth-order valence-electron chi connectivity index (χ4n) is 1.73. The number of rotatable bonds is 1. The van der Waals surface area contributed by atoms with Crippen molar-refractivity contribution in [3.63, 3.8) is 0 Å². The van der Waals surface area contributed by atoms with E-state index in [1.165, 1.54) is 5.57 Å². The van der Waals surface area contributed by atoms with Crippen LogP contribution in [0, 0.1) is 6.92 Å². The molecule has 2 N–H and O–H groups in total. The molecule has 2 rings (SSSR count). The summed E-state index contributed by atoms with van der Waals surface area (Å²) < 4.78 is 1.81. The Hall–Kier alpha value is -0.800. The number of hydrogen-bond donors (Lipinski definition) is 1. The standard InChI is InChI=1S/C10H14ClN3/c1-6-10(11)9(14(2)13-6)5-7-3-8(12)4-7/h5,8H,3-4,12H2,1-2H3. The highest BCUT2D eigenvalue weighted by molar-refractivity contribution is 6.32. The van der Waals surface area contributed by atoms with Gasteiger partial charge in [-0.1, -0.05) is 17.2 Å². The van der Waals surface area contributed by atoms with Gasteiger partial charge in [-0.3, -0.25) is 4.68 Å². The molecule has 0 bridgehead atoms. The van der Waals surface area contributed by atoms with Crippen molar-refractivity contribution in [1.29, 1.82) is 0 Å². The molecule has 0 amide bonds. The Kier molecular flexibility index (Phi) is 2.37. The van der Waals surface area contributed by atoms with Crippen molar-refractivity contribution >= 4 is 17.7 Å². The number of nitrogens with two attached hydrogens (primary N) is 1. The minimum atomic E-state index is 0.342. The van der Waals surface area contributed by atoms with Gasteiger partial charge in [-0.05, 0) is 25.8 Å². The first-order valence-electron chi connectivity index (χ1n) is 4.72. The minimum Gasteiger partial charge on any atom is -0.327 e. The summed E-state index contributed by atoms with van der Waals surface area (Å²) in [4.78, 5) is 0. The Morgan fingerprint density at radius 2 is 2.21 bits per heavy atom. The fourth-order valence-corrected chi connectivity index (χ4v) is 1.95. The molecule has 1 aliphatic carbocycles. The molecule has 76 valence electrons. The van der Waals surface area contributed by atoms with E-state index >= 15 is 0 Å². The summed E-state index contributed by atoms with van der Waals surface area (Å²) in [6.45, 7) is 1.91. The zero-order valence-electron chi connectivity index (χ0n) is 8.42. The van der Waals surface area contributed by atoms with Crippen LogP contribution in [-0.2, 0) is 7.05 Å². The van der Waals surface area contributed by atoms with E-state index in [0.717, 1.165) is 29.3 Å². The summed E-state index contributed by atoms with van der Waals surface area (Å²) in [5, 5.41) is 5.00. The van der Waals surface area contributed by atoms with Gasteiger partial charge in [-0.15, -0.1) is 0 Å². The van der Waals surface area contributed by atoms with E-state index < -0.39 is 0 Å². The second kappa shape index (κ2) is 3.41. The first kappa shape index (κ1) is 9.74. The largest absolute Gasteiger partial charge is 0.327 e. The smallest absolute Gasteiger partial charge is 0.0888 e. The van der Waals surface area contributed by atoms with E-state index in [4.69, 9.17) is 17.3 Å². The zero-order chi connectivity index (χ0) is 10.3. The summed E-state index contributed by atoms with van der Waals surface area (Å²) in [6, 6.07) is 0.342. The van der Waals surface area contributed by atoms with Gasteiger partial charge in [0.05, 0.1) is 16.4 Å². The molecule has 1 aromatic heterocycles. The van der Waals surface area contributed by atoms with Crippen molar-refractivity contribution in [2.75, 3.05) is 0 Å². The van der Waals surface area contributed by atoms with Crippen LogP contribution in [0.5, 0.6) is 0 Å². The number of aromatic nitrogens is 2. The van der Waals surface area contributed by atoms with Crippen LogP contribution < -0.4 is 5.73 Å². The first-order valence-corrected chi connectivity index (χ1v) is 5.10. The number of aryl methyl sites for hydroxylation is 2. The Balaban J connectivity index is 2.29. The zero-order valence-corrected chi connectivity index (χ0v) is 9.17. The van der Waals surface area contributed by atoms with Crippen LogP contribution in [-0.4, -0.2) is 15.8 Å². The van der Waals surface area contributed by atoms with Crippen LogP contribution in [0.4, 0.5) is 0 Å². The SMILES string of the molecule is Cc1nn(C)c(C=C2CC(N)C2)c1Cl. The van der Waals surface area contributed by atoms with E-state index in [-0.39, 0.29) is 0 Å². The summed E-state index contributed by atoms with van der Waals surface area (Å²) >= 11 is 6.12. The van der Waals surface area contributed by atoms with E-state index in [1.54, 1.807) is 0 Å². The van der Waals surface area contributed by atoms with Crippen LogP contribution in [0.25, 0.3) is 6.08 Å². The highest BCUT2D eigenvalue weighted by atomic mass is 35.5. The summed E-state index contributed by atoms with van der Waals surface area (Å²) in [5.41, 5.74) is 8.94. The number of nitrogens with zero attached hydrogens (tertiary/aromatic N) is 2. The molecule has 0 saturated heterocycles. The maximum atomic E-state index is 6.12. The quantitative estimate of drug-likeness (QED) is 0.771. The van der Waals surface area contributed by atoms with Gasteiger partial charge >= 0.3 is 0 Å². The molecule has 1 aliphatic rings. The molecule has 4 heteroatoms. The van der Waals surface area contributed by atoms with Crippen molar-refractivity contribution in [2.45, 2.75) is 25.8 Å². The lowest BCUT2D eigenvalue weighted by molar-refractivity contribution is 0.546. The lowest BCUT2D eigenvalue weighted by Gasteiger charge is -2.25. The highest BCUT2D eigenvalue weighted by Crippen LogP contribution is 2.29. The molecule has 1 heterocycles. The highest BCUT2D eigenvalue weighted by Gasteiger charge is 2.20. The Morgan fingerprint density at radius 3 is 2.64 bits per heavy atom. The molecular weight excluding hydrogens is 198 g/mol. The van der Waals surface area contributed by atoms with Gasteiger partial charge in [0, 0.05) is 13.1 Å². The minimum absolute atomic E-state index is 0.342. The number of hydrogen-bond acceptors (Lipinski definition) is 2. The summed E-state index contributed by atoms with van der Waals surface area (Å²) in [7, 11) is 1.91. The molecular formula is C10H14ClN3. The lowest BCUT2D eigenvalue weighted by Crippen LogP contribution is -2.30. The molecule has 1 aromatic rings. The molecule has 0 atom stereocenters. The lowest BCUT2D eigenvalue weighted by atomic mass is 9.86. The third-order valence-electron chi connectivity index (χ3n) is 2.58. The second-order valence-electron chi connectivity index (χ2n) is 3.88. The van der Waals surface area contributed by atoms with Gasteiger partial charge in [0.2, 0.25) is 0 Å². The van der Waals surface area contributed by atoms with Gasteiger partial charge in [-0.25, -0.2) is 0 Å². The van der Waals surface area contributed by atoms with E-state index in [1.807, 2.05) is 18.7 Å². The van der Waals surface area contributed by atoms with Gasteiger partial charge < -0.3 is 5.73 Å². The maximum absolute atomic E-state index is 6.12. The Morgan fingerprint density at radius 1 is 1.57 bits per heavy atom. The molecule has 1 fully saturated rings. The van der Waals surface area contributed by atoms with E-state index in [0.29, 0.717) is 6.04 Å². The molecule has 0 radical (unpaired) electrons. The fraction of sp³-hybridized carbons (Fsp3) is 0.500. The van der Waals surface area contributed by atoms with Gasteiger partial charge in [0.25, 0.3) is 0 Å². The van der Waals surface area contributed by atoms with Crippen molar-refractivity contribution in [3.05, 3.63) is 22.0 Å². The molecule has 0 spiro atoms. The van der Waals surface area contributed by atoms with Gasteiger partial charge in [-0.2, -0.15) is 5.10 Å². The van der Waals surface area contributed by atoms with Crippen LogP contribution in [0.2, 0.25) is 5.02 Å². The third-order valence-corrected chi connectivity index (χ3v) is 3.05. The van der Waals surface area contributed by atoms with Crippen LogP contribution in [0.1, 0.15) is 24.2 Å². The number of halogens is 1. The van der Waals surface area contributed by atoms with Crippen LogP contribution in [0.3, 0.4) is 0 Å². The maximum Gasteiger partial charge on any atom is 0.0888 e. The van der Waals surface area contributed by atoms with Crippen molar-refractivity contribution in [1.82, 2.24) is 9.78 Å².